The zero-order chi connectivity index (χ0) is 14.7. The Morgan fingerprint density at radius 3 is 2.15 bits per heavy atom. The Morgan fingerprint density at radius 2 is 1.55 bits per heavy atom. The van der Waals surface area contributed by atoms with Crippen LogP contribution in [0.5, 0.6) is 11.5 Å². The molecule has 0 heterocycles. The lowest BCUT2D eigenvalue weighted by molar-refractivity contribution is 0.209. The van der Waals surface area contributed by atoms with Gasteiger partial charge < -0.3 is 14.6 Å². The minimum Gasteiger partial charge on any atom is -0.496 e. The van der Waals surface area contributed by atoms with Crippen molar-refractivity contribution in [2.24, 2.45) is 0 Å². The summed E-state index contributed by atoms with van der Waals surface area (Å²) in [7, 11) is 3.12. The van der Waals surface area contributed by atoms with Gasteiger partial charge in [0, 0.05) is 20.6 Å². The molecular weight excluding hydrogens is 344 g/mol. The third kappa shape index (κ3) is 3.08. The predicted octanol–water partition coefficient (Wildman–Crippen LogP) is 4.20. The molecule has 0 bridgehead atoms. The lowest BCUT2D eigenvalue weighted by Gasteiger charge is -2.18. The standard InChI is InChI=1S/C15H14BrClO3/c1-19-13-5-3-9(16)7-11(13)15(18)12-8-10(17)4-6-14(12)20-2/h3-8,15,18H,1-2H3. The van der Waals surface area contributed by atoms with Crippen molar-refractivity contribution in [1.82, 2.24) is 0 Å². The first-order valence-corrected chi connectivity index (χ1v) is 7.09. The molecule has 0 radical (unpaired) electrons. The SMILES string of the molecule is COc1ccc(Cl)cc1C(O)c1cc(Br)ccc1OC. The molecule has 0 saturated carbocycles. The largest absolute Gasteiger partial charge is 0.496 e. The molecule has 20 heavy (non-hydrogen) atoms. The zero-order valence-electron chi connectivity index (χ0n) is 11.1. The molecule has 2 aromatic rings. The third-order valence-electron chi connectivity index (χ3n) is 2.97. The summed E-state index contributed by atoms with van der Waals surface area (Å²) in [4.78, 5) is 0. The second-order valence-electron chi connectivity index (χ2n) is 4.18. The molecule has 0 aromatic heterocycles. The van der Waals surface area contributed by atoms with Gasteiger partial charge in [0.25, 0.3) is 0 Å². The lowest BCUT2D eigenvalue weighted by Crippen LogP contribution is -2.04. The van der Waals surface area contributed by atoms with E-state index in [1.807, 2.05) is 12.1 Å². The number of halogens is 2. The lowest BCUT2D eigenvalue weighted by atomic mass is 10.00. The number of methoxy groups -OCH3 is 2. The highest BCUT2D eigenvalue weighted by Crippen LogP contribution is 2.37. The van der Waals surface area contributed by atoms with E-state index in [1.165, 1.54) is 0 Å². The molecule has 0 aliphatic heterocycles. The molecule has 0 fully saturated rings. The summed E-state index contributed by atoms with van der Waals surface area (Å²) in [5, 5.41) is 11.2. The van der Waals surface area contributed by atoms with E-state index >= 15 is 0 Å². The summed E-state index contributed by atoms with van der Waals surface area (Å²) in [6.45, 7) is 0. The molecule has 0 aliphatic rings. The van der Waals surface area contributed by atoms with Crippen LogP contribution in [0.25, 0.3) is 0 Å². The maximum atomic E-state index is 10.6. The van der Waals surface area contributed by atoms with Crippen LogP contribution < -0.4 is 9.47 Å². The maximum absolute atomic E-state index is 10.6. The topological polar surface area (TPSA) is 38.7 Å². The number of hydrogen-bond acceptors (Lipinski definition) is 3. The van der Waals surface area contributed by atoms with Crippen molar-refractivity contribution < 1.29 is 14.6 Å². The van der Waals surface area contributed by atoms with Gasteiger partial charge >= 0.3 is 0 Å². The van der Waals surface area contributed by atoms with Gasteiger partial charge in [-0.1, -0.05) is 27.5 Å². The average molecular weight is 358 g/mol. The van der Waals surface area contributed by atoms with E-state index < -0.39 is 6.10 Å². The van der Waals surface area contributed by atoms with E-state index in [-0.39, 0.29) is 0 Å². The molecule has 1 N–H and O–H groups in total. The fourth-order valence-electron chi connectivity index (χ4n) is 2.01. The molecule has 0 saturated heterocycles. The van der Waals surface area contributed by atoms with Gasteiger partial charge in [-0.2, -0.15) is 0 Å². The molecule has 5 heteroatoms. The highest BCUT2D eigenvalue weighted by Gasteiger charge is 2.20. The normalized spacial score (nSPS) is 12.1. The van der Waals surface area contributed by atoms with Crippen molar-refractivity contribution in [3.63, 3.8) is 0 Å². The molecular formula is C15H14BrClO3. The van der Waals surface area contributed by atoms with Gasteiger partial charge in [0.15, 0.2) is 0 Å². The Labute approximate surface area is 131 Å². The first-order chi connectivity index (χ1) is 9.56. The van der Waals surface area contributed by atoms with Crippen LogP contribution >= 0.6 is 27.5 Å². The third-order valence-corrected chi connectivity index (χ3v) is 3.70. The molecule has 106 valence electrons. The van der Waals surface area contributed by atoms with Gasteiger partial charge in [0.2, 0.25) is 0 Å². The number of aliphatic hydroxyl groups is 1. The van der Waals surface area contributed by atoms with E-state index in [1.54, 1.807) is 38.5 Å². The van der Waals surface area contributed by atoms with Crippen molar-refractivity contribution in [1.29, 1.82) is 0 Å². The molecule has 0 spiro atoms. The van der Waals surface area contributed by atoms with Crippen LogP contribution in [0.15, 0.2) is 40.9 Å². The Bertz CT molecular complexity index is 563. The van der Waals surface area contributed by atoms with E-state index in [0.29, 0.717) is 27.6 Å². The van der Waals surface area contributed by atoms with Gasteiger partial charge in [0.1, 0.15) is 17.6 Å². The molecule has 3 nitrogen and oxygen atoms in total. The summed E-state index contributed by atoms with van der Waals surface area (Å²) in [5.41, 5.74) is 1.24. The first kappa shape index (κ1) is 15.2. The van der Waals surface area contributed by atoms with E-state index in [4.69, 9.17) is 21.1 Å². The van der Waals surface area contributed by atoms with Crippen LogP contribution in [-0.2, 0) is 0 Å². The van der Waals surface area contributed by atoms with Crippen molar-refractivity contribution in [3.05, 3.63) is 57.0 Å². The summed E-state index contributed by atoms with van der Waals surface area (Å²) in [5.74, 6) is 1.17. The fraction of sp³-hybridized carbons (Fsp3) is 0.200. The van der Waals surface area contributed by atoms with E-state index in [2.05, 4.69) is 15.9 Å². The minimum atomic E-state index is -0.893. The second-order valence-corrected chi connectivity index (χ2v) is 5.53. The maximum Gasteiger partial charge on any atom is 0.125 e. The Hall–Kier alpha value is -1.23. The quantitative estimate of drug-likeness (QED) is 0.891. The summed E-state index contributed by atoms with van der Waals surface area (Å²) < 4.78 is 11.4. The molecule has 0 amide bonds. The van der Waals surface area contributed by atoms with Crippen LogP contribution in [0.4, 0.5) is 0 Å². The van der Waals surface area contributed by atoms with Crippen LogP contribution in [0.2, 0.25) is 5.02 Å². The number of rotatable bonds is 4. The Morgan fingerprint density at radius 1 is 1.00 bits per heavy atom. The Kier molecular flexibility index (Phi) is 4.91. The van der Waals surface area contributed by atoms with Gasteiger partial charge in [-0.05, 0) is 36.4 Å². The number of hydrogen-bond donors (Lipinski definition) is 1. The van der Waals surface area contributed by atoms with Crippen LogP contribution in [-0.4, -0.2) is 19.3 Å². The summed E-state index contributed by atoms with van der Waals surface area (Å²) in [6, 6.07) is 10.6. The van der Waals surface area contributed by atoms with Crippen molar-refractivity contribution >= 4 is 27.5 Å². The summed E-state index contributed by atoms with van der Waals surface area (Å²) >= 11 is 9.40. The summed E-state index contributed by atoms with van der Waals surface area (Å²) in [6.07, 6.45) is -0.893. The highest BCUT2D eigenvalue weighted by molar-refractivity contribution is 9.10. The predicted molar refractivity (Wildman–Crippen MR) is 82.8 cm³/mol. The van der Waals surface area contributed by atoms with Crippen molar-refractivity contribution in [3.8, 4) is 11.5 Å². The molecule has 1 unspecified atom stereocenters. The number of aliphatic hydroxyl groups excluding tert-OH is 1. The van der Waals surface area contributed by atoms with Crippen LogP contribution in [0.1, 0.15) is 17.2 Å². The first-order valence-electron chi connectivity index (χ1n) is 5.91. The molecule has 2 rings (SSSR count). The Balaban J connectivity index is 2.53. The molecule has 2 aromatic carbocycles. The monoisotopic (exact) mass is 356 g/mol. The molecule has 1 atom stereocenters. The average Bonchev–Trinajstić information content (AvgIpc) is 2.46. The van der Waals surface area contributed by atoms with Crippen LogP contribution in [0, 0.1) is 0 Å². The van der Waals surface area contributed by atoms with Gasteiger partial charge in [-0.15, -0.1) is 0 Å². The highest BCUT2D eigenvalue weighted by atomic mass is 79.9. The van der Waals surface area contributed by atoms with E-state index in [9.17, 15) is 5.11 Å². The minimum absolute atomic E-state index is 0.536. The van der Waals surface area contributed by atoms with Gasteiger partial charge in [-0.3, -0.25) is 0 Å². The second kappa shape index (κ2) is 6.48. The van der Waals surface area contributed by atoms with E-state index in [0.717, 1.165) is 4.47 Å². The smallest absolute Gasteiger partial charge is 0.125 e. The van der Waals surface area contributed by atoms with Crippen LogP contribution in [0.3, 0.4) is 0 Å². The van der Waals surface area contributed by atoms with Gasteiger partial charge in [0.05, 0.1) is 14.2 Å². The fourth-order valence-corrected chi connectivity index (χ4v) is 2.56. The molecule has 0 aliphatic carbocycles. The van der Waals surface area contributed by atoms with Crippen molar-refractivity contribution in [2.45, 2.75) is 6.10 Å². The van der Waals surface area contributed by atoms with Gasteiger partial charge in [-0.25, -0.2) is 0 Å². The zero-order valence-corrected chi connectivity index (χ0v) is 13.4. The number of benzene rings is 2. The van der Waals surface area contributed by atoms with Crippen molar-refractivity contribution in [2.75, 3.05) is 14.2 Å². The number of ether oxygens (including phenoxy) is 2.